The first-order chi connectivity index (χ1) is 19.3. The molecule has 0 aliphatic heterocycles. The Morgan fingerprint density at radius 1 is 0.622 bits per heavy atom. The molecule has 45 heavy (non-hydrogen) atoms. The number of nitrogens with zero attached hydrogens (tertiary/aromatic N) is 2. The number of halogens is 19. The molecule has 0 spiro atoms. The van der Waals surface area contributed by atoms with Crippen molar-refractivity contribution in [1.29, 1.82) is 0 Å². The first kappa shape index (κ1) is 43.0. The predicted molar refractivity (Wildman–Crippen MR) is 111 cm³/mol. The molecule has 0 aliphatic carbocycles. The average molecular weight is 735 g/mol. The number of hydrogen-bond acceptors (Lipinski definition) is 3. The third kappa shape index (κ3) is 6.72. The van der Waals surface area contributed by atoms with Gasteiger partial charge >= 0.3 is 58.9 Å². The Hall–Kier alpha value is -1.99. The minimum Gasteiger partial charge on any atom is -0.481 e. The van der Waals surface area contributed by atoms with Crippen molar-refractivity contribution in [3.63, 3.8) is 0 Å². The van der Waals surface area contributed by atoms with Crippen LogP contribution in [0.5, 0.6) is 0 Å². The van der Waals surface area contributed by atoms with Gasteiger partial charge in [0.2, 0.25) is 0 Å². The molecule has 1 N–H and O–H groups in total. The number of rotatable bonds is 17. The molecule has 0 aliphatic rings. The Bertz CT molecular complexity index is 1170. The minimum atomic E-state index is -9.16. The fourth-order valence-electron chi connectivity index (χ4n) is 3.30. The highest BCUT2D eigenvalue weighted by atomic mass is 32.2. The summed E-state index contributed by atoms with van der Waals surface area (Å²) in [6, 6.07) is 0. The lowest BCUT2D eigenvalue weighted by Gasteiger charge is -2.43. The summed E-state index contributed by atoms with van der Waals surface area (Å²) < 4.78 is 280. The molecule has 0 atom stereocenters. The zero-order valence-electron chi connectivity index (χ0n) is 22.4. The van der Waals surface area contributed by atoms with Crippen molar-refractivity contribution in [3.05, 3.63) is 0 Å². The van der Waals surface area contributed by atoms with Crippen LogP contribution in [-0.4, -0.2) is 121 Å². The number of carboxylic acid groups (broad SMARTS) is 1. The van der Waals surface area contributed by atoms with Gasteiger partial charge < -0.3 is 9.59 Å². The summed E-state index contributed by atoms with van der Waals surface area (Å²) in [6.45, 7) is -2.84. The first-order valence-electron chi connectivity index (χ1n) is 11.5. The van der Waals surface area contributed by atoms with Crippen molar-refractivity contribution < 1.29 is 106 Å². The summed E-state index contributed by atoms with van der Waals surface area (Å²) in [6.07, 6.45) is -9.24. The Morgan fingerprint density at radius 2 is 0.956 bits per heavy atom. The summed E-state index contributed by atoms with van der Waals surface area (Å²) in [4.78, 5) is 10.6. The van der Waals surface area contributed by atoms with Crippen LogP contribution < -0.4 is 0 Å². The molecule has 0 saturated heterocycles. The maximum atomic E-state index is 14.5. The van der Waals surface area contributed by atoms with E-state index in [2.05, 4.69) is 0 Å². The van der Waals surface area contributed by atoms with Crippen molar-refractivity contribution in [1.82, 2.24) is 4.31 Å². The minimum absolute atomic E-state index is 0.226. The van der Waals surface area contributed by atoms with Gasteiger partial charge in [-0.1, -0.05) is 6.92 Å². The zero-order chi connectivity index (χ0) is 36.9. The molecule has 0 saturated carbocycles. The summed E-state index contributed by atoms with van der Waals surface area (Å²) in [7, 11) is -4.93. The van der Waals surface area contributed by atoms with Crippen LogP contribution in [0.3, 0.4) is 0 Å². The van der Waals surface area contributed by atoms with Crippen LogP contribution in [0.15, 0.2) is 0 Å². The number of carboxylic acids is 1. The number of aliphatic carboxylic acids is 1. The predicted octanol–water partition coefficient (Wildman–Crippen LogP) is 6.18. The van der Waals surface area contributed by atoms with Crippen LogP contribution in [0, 0.1) is 0 Å². The normalized spacial score (nSPS) is 16.0. The van der Waals surface area contributed by atoms with E-state index in [0.717, 1.165) is 0 Å². The molecule has 26 heteroatoms. The van der Waals surface area contributed by atoms with E-state index in [9.17, 15) is 96.6 Å². The van der Waals surface area contributed by atoms with Gasteiger partial charge in [0.25, 0.3) is 10.0 Å². The van der Waals surface area contributed by atoms with Crippen molar-refractivity contribution in [3.8, 4) is 0 Å². The van der Waals surface area contributed by atoms with E-state index >= 15 is 0 Å². The van der Waals surface area contributed by atoms with Gasteiger partial charge in [-0.2, -0.15) is 87.7 Å². The number of hydrogen-bond donors (Lipinski definition) is 1. The van der Waals surface area contributed by atoms with Crippen molar-refractivity contribution in [2.45, 2.75) is 72.7 Å². The fraction of sp³-hybridized carbons (Fsp3) is 0.947. The lowest BCUT2D eigenvalue weighted by Crippen LogP contribution is -2.76. The van der Waals surface area contributed by atoms with Gasteiger partial charge in [0.15, 0.2) is 0 Å². The van der Waals surface area contributed by atoms with Crippen LogP contribution >= 0.6 is 0 Å². The van der Waals surface area contributed by atoms with Gasteiger partial charge in [-0.3, -0.25) is 4.79 Å². The Labute approximate surface area is 240 Å². The van der Waals surface area contributed by atoms with E-state index in [1.807, 2.05) is 0 Å². The molecule has 0 amide bonds. The number of quaternary nitrogens is 1. The largest absolute Gasteiger partial charge is 0.481 e. The summed E-state index contributed by atoms with van der Waals surface area (Å²) in [5.74, 6) is -63.4. The van der Waals surface area contributed by atoms with Gasteiger partial charge in [0.1, 0.15) is 0 Å². The monoisotopic (exact) mass is 735 g/mol. The molecule has 0 bridgehead atoms. The quantitative estimate of drug-likeness (QED) is 0.143. The molecular formula is C19H22F19N2O4S+. The van der Waals surface area contributed by atoms with E-state index in [1.54, 1.807) is 0 Å². The zero-order valence-corrected chi connectivity index (χ0v) is 23.2. The molecule has 6 nitrogen and oxygen atoms in total. The highest BCUT2D eigenvalue weighted by molar-refractivity contribution is 7.90. The second-order valence-electron chi connectivity index (χ2n) is 9.91. The van der Waals surface area contributed by atoms with Gasteiger partial charge in [-0.25, -0.2) is 8.42 Å². The second kappa shape index (κ2) is 12.2. The third-order valence-electron chi connectivity index (χ3n) is 6.21. The van der Waals surface area contributed by atoms with Crippen LogP contribution in [0.4, 0.5) is 83.4 Å². The number of alkyl halides is 19. The highest BCUT2D eigenvalue weighted by Crippen LogP contribution is 2.65. The molecule has 0 radical (unpaired) electrons. The number of carbonyl (C=O) groups is 1. The molecule has 270 valence electrons. The van der Waals surface area contributed by atoms with E-state index in [-0.39, 0.29) is 17.6 Å². The molecule has 0 aromatic carbocycles. The lowest BCUT2D eigenvalue weighted by molar-refractivity contribution is -0.889. The van der Waals surface area contributed by atoms with Gasteiger partial charge in [0, 0.05) is 19.5 Å². The maximum absolute atomic E-state index is 14.5. The van der Waals surface area contributed by atoms with Crippen LogP contribution in [0.1, 0.15) is 19.8 Å². The van der Waals surface area contributed by atoms with Crippen molar-refractivity contribution >= 4 is 16.0 Å². The maximum Gasteiger partial charge on any atom is 0.460 e. The summed E-state index contributed by atoms with van der Waals surface area (Å²) in [5, 5.41) is 0.934. The Balaban J connectivity index is 6.78. The van der Waals surface area contributed by atoms with Crippen molar-refractivity contribution in [2.24, 2.45) is 0 Å². The van der Waals surface area contributed by atoms with E-state index in [1.165, 1.54) is 14.1 Å². The molecule has 0 rings (SSSR count). The fourth-order valence-corrected chi connectivity index (χ4v) is 4.79. The molecule has 0 aromatic rings. The van der Waals surface area contributed by atoms with E-state index < -0.39 is 99.1 Å². The van der Waals surface area contributed by atoms with E-state index in [0.29, 0.717) is 6.92 Å². The molecule has 0 heterocycles. The van der Waals surface area contributed by atoms with Crippen LogP contribution in [-0.2, 0) is 14.8 Å². The summed E-state index contributed by atoms with van der Waals surface area (Å²) >= 11 is 0. The standard InChI is InChI=1S/C19H21F19N2O4S/c1-4-39(7-5-8-40(2,3)9-6-10(41)42)45(43,44)19(37,38)17(32,33)15(28,29)13(24,25)11(20,21)12(22,23)14(26,27)16(30,31)18(34,35)36/h4-9H2,1-3H3/p+1. The highest BCUT2D eigenvalue weighted by Gasteiger charge is 2.97. The lowest BCUT2D eigenvalue weighted by atomic mass is 9.89. The smallest absolute Gasteiger partial charge is 0.460 e. The topological polar surface area (TPSA) is 74.7 Å². The van der Waals surface area contributed by atoms with E-state index in [4.69, 9.17) is 5.11 Å². The molecular weight excluding hydrogens is 713 g/mol. The SMILES string of the molecule is CCN(CCC[N+](C)(C)CCC(=O)O)S(=O)(=O)C(F)(F)C(F)(F)C(F)(F)C(F)(F)C(F)(F)C(F)(F)C(F)(F)C(F)(F)C(F)(F)F. The molecule has 0 aromatic heterocycles. The summed E-state index contributed by atoms with van der Waals surface area (Å²) in [5.41, 5.74) is 0. The van der Waals surface area contributed by atoms with Crippen molar-refractivity contribution in [2.75, 3.05) is 40.3 Å². The Kier molecular flexibility index (Phi) is 11.7. The molecule has 0 unspecified atom stereocenters. The van der Waals surface area contributed by atoms with Gasteiger partial charge in [0.05, 0.1) is 33.6 Å². The third-order valence-corrected chi connectivity index (χ3v) is 8.23. The van der Waals surface area contributed by atoms with Gasteiger partial charge in [-0.05, 0) is 0 Å². The van der Waals surface area contributed by atoms with Gasteiger partial charge in [-0.15, -0.1) is 0 Å². The average Bonchev–Trinajstić information content (AvgIpc) is 2.83. The second-order valence-corrected chi connectivity index (χ2v) is 11.9. The number of sulfonamides is 1. The molecule has 0 fully saturated rings. The first-order valence-corrected chi connectivity index (χ1v) is 12.9. The van der Waals surface area contributed by atoms with Crippen LogP contribution in [0.25, 0.3) is 0 Å². The Morgan fingerprint density at radius 3 is 1.27 bits per heavy atom. The van der Waals surface area contributed by atoms with Crippen LogP contribution in [0.2, 0.25) is 0 Å².